The van der Waals surface area contributed by atoms with E-state index < -0.39 is 9.84 Å². The van der Waals surface area contributed by atoms with E-state index in [1.54, 1.807) is 6.92 Å². The van der Waals surface area contributed by atoms with Crippen molar-refractivity contribution in [2.24, 2.45) is 5.73 Å². The van der Waals surface area contributed by atoms with Gasteiger partial charge in [0, 0.05) is 24.4 Å². The van der Waals surface area contributed by atoms with Gasteiger partial charge in [0.05, 0.1) is 5.75 Å². The molecule has 1 saturated carbocycles. The molecular formula is C13H28N2O2S. The fourth-order valence-electron chi connectivity index (χ4n) is 2.63. The summed E-state index contributed by atoms with van der Waals surface area (Å²) in [6, 6.07) is 0.890. The Morgan fingerprint density at radius 2 is 1.72 bits per heavy atom. The molecule has 5 heteroatoms. The van der Waals surface area contributed by atoms with Crippen molar-refractivity contribution < 1.29 is 8.42 Å². The lowest BCUT2D eigenvalue weighted by Gasteiger charge is -2.35. The molecule has 0 aliphatic heterocycles. The fraction of sp³-hybridized carbons (Fsp3) is 1.00. The molecule has 1 fully saturated rings. The molecular weight excluding hydrogens is 248 g/mol. The average Bonchev–Trinajstić information content (AvgIpc) is 2.36. The van der Waals surface area contributed by atoms with Gasteiger partial charge in [-0.05, 0) is 38.6 Å². The Hall–Kier alpha value is -0.130. The standard InChI is InChI=1S/C13H28N2O2S/c1-3-9-15(10-11-18(16,17)4-2)13-7-5-12(14)6-8-13/h12-13H,3-11,14H2,1-2H3. The predicted molar refractivity (Wildman–Crippen MR) is 76.4 cm³/mol. The number of sulfone groups is 1. The summed E-state index contributed by atoms with van der Waals surface area (Å²) in [4.78, 5) is 2.36. The maximum Gasteiger partial charge on any atom is 0.151 e. The first-order chi connectivity index (χ1) is 8.48. The van der Waals surface area contributed by atoms with Crippen molar-refractivity contribution in [3.8, 4) is 0 Å². The van der Waals surface area contributed by atoms with E-state index in [-0.39, 0.29) is 5.75 Å². The molecule has 0 heterocycles. The van der Waals surface area contributed by atoms with Gasteiger partial charge in [0.15, 0.2) is 9.84 Å². The van der Waals surface area contributed by atoms with Gasteiger partial charge in [-0.3, -0.25) is 4.90 Å². The van der Waals surface area contributed by atoms with Crippen LogP contribution in [0.3, 0.4) is 0 Å². The zero-order valence-corrected chi connectivity index (χ0v) is 12.6. The Morgan fingerprint density at radius 1 is 1.11 bits per heavy atom. The summed E-state index contributed by atoms with van der Waals surface area (Å²) in [5.41, 5.74) is 5.92. The molecule has 4 nitrogen and oxygen atoms in total. The Balaban J connectivity index is 2.49. The summed E-state index contributed by atoms with van der Waals surface area (Å²) >= 11 is 0. The van der Waals surface area contributed by atoms with Crippen molar-refractivity contribution in [1.82, 2.24) is 4.90 Å². The van der Waals surface area contributed by atoms with Crippen LogP contribution in [-0.4, -0.2) is 50.0 Å². The first-order valence-corrected chi connectivity index (χ1v) is 9.00. The lowest BCUT2D eigenvalue weighted by Crippen LogP contribution is -2.43. The Kier molecular flexibility index (Phi) is 6.60. The van der Waals surface area contributed by atoms with Crippen molar-refractivity contribution in [3.05, 3.63) is 0 Å². The molecule has 1 rings (SSSR count). The molecule has 0 spiro atoms. The molecule has 0 unspecified atom stereocenters. The maximum atomic E-state index is 11.6. The van der Waals surface area contributed by atoms with E-state index >= 15 is 0 Å². The minimum Gasteiger partial charge on any atom is -0.328 e. The van der Waals surface area contributed by atoms with E-state index in [2.05, 4.69) is 11.8 Å². The third kappa shape index (κ3) is 5.24. The first-order valence-electron chi connectivity index (χ1n) is 7.18. The van der Waals surface area contributed by atoms with Crippen LogP contribution < -0.4 is 5.73 Å². The highest BCUT2D eigenvalue weighted by molar-refractivity contribution is 7.91. The zero-order valence-electron chi connectivity index (χ0n) is 11.8. The fourth-order valence-corrected chi connectivity index (χ4v) is 3.43. The summed E-state index contributed by atoms with van der Waals surface area (Å²) in [6.07, 6.45) is 5.46. The van der Waals surface area contributed by atoms with Gasteiger partial charge in [-0.15, -0.1) is 0 Å². The van der Waals surface area contributed by atoms with Crippen LogP contribution >= 0.6 is 0 Å². The molecule has 1 aliphatic carbocycles. The summed E-state index contributed by atoms with van der Waals surface area (Å²) < 4.78 is 23.2. The van der Waals surface area contributed by atoms with Gasteiger partial charge >= 0.3 is 0 Å². The SMILES string of the molecule is CCCN(CCS(=O)(=O)CC)C1CCC(N)CC1. The summed E-state index contributed by atoms with van der Waals surface area (Å²) in [7, 11) is -2.85. The highest BCUT2D eigenvalue weighted by Crippen LogP contribution is 2.22. The topological polar surface area (TPSA) is 63.4 Å². The molecule has 108 valence electrons. The molecule has 2 N–H and O–H groups in total. The first kappa shape index (κ1) is 15.9. The van der Waals surface area contributed by atoms with Crippen molar-refractivity contribution in [3.63, 3.8) is 0 Å². The van der Waals surface area contributed by atoms with Gasteiger partial charge < -0.3 is 5.73 Å². The summed E-state index contributed by atoms with van der Waals surface area (Å²) in [5, 5.41) is 0. The van der Waals surface area contributed by atoms with Crippen LogP contribution in [-0.2, 0) is 9.84 Å². The van der Waals surface area contributed by atoms with Crippen LogP contribution in [0.25, 0.3) is 0 Å². The summed E-state index contributed by atoms with van der Waals surface area (Å²) in [5.74, 6) is 0.550. The number of rotatable bonds is 7. The predicted octanol–water partition coefficient (Wildman–Crippen LogP) is 1.40. The van der Waals surface area contributed by atoms with E-state index in [0.717, 1.165) is 38.6 Å². The smallest absolute Gasteiger partial charge is 0.151 e. The molecule has 0 bridgehead atoms. The van der Waals surface area contributed by atoms with E-state index in [1.165, 1.54) is 0 Å². The monoisotopic (exact) mass is 276 g/mol. The molecule has 0 saturated heterocycles. The lowest BCUT2D eigenvalue weighted by molar-refractivity contribution is 0.158. The Labute approximate surface area is 112 Å². The minimum atomic E-state index is -2.85. The molecule has 0 atom stereocenters. The van der Waals surface area contributed by atoms with Gasteiger partial charge in [0.2, 0.25) is 0 Å². The Morgan fingerprint density at radius 3 is 2.22 bits per heavy atom. The number of nitrogens with zero attached hydrogens (tertiary/aromatic N) is 1. The van der Waals surface area contributed by atoms with Gasteiger partial charge in [0.25, 0.3) is 0 Å². The van der Waals surface area contributed by atoms with E-state index in [9.17, 15) is 8.42 Å². The molecule has 1 aliphatic rings. The van der Waals surface area contributed by atoms with Gasteiger partial charge in [-0.2, -0.15) is 0 Å². The third-order valence-corrected chi connectivity index (χ3v) is 5.58. The van der Waals surface area contributed by atoms with Crippen molar-refractivity contribution in [2.75, 3.05) is 24.6 Å². The number of hydrogen-bond donors (Lipinski definition) is 1. The Bertz CT molecular complexity index is 322. The van der Waals surface area contributed by atoms with E-state index in [4.69, 9.17) is 5.73 Å². The second kappa shape index (κ2) is 7.46. The normalized spacial score (nSPS) is 25.6. The van der Waals surface area contributed by atoms with Crippen LogP contribution in [0.4, 0.5) is 0 Å². The molecule has 0 aromatic rings. The number of nitrogens with two attached hydrogens (primary N) is 1. The second-order valence-corrected chi connectivity index (χ2v) is 7.81. The third-order valence-electron chi connectivity index (χ3n) is 3.90. The van der Waals surface area contributed by atoms with Gasteiger partial charge in [-0.1, -0.05) is 13.8 Å². The highest BCUT2D eigenvalue weighted by atomic mass is 32.2. The summed E-state index contributed by atoms with van der Waals surface area (Å²) in [6.45, 7) is 5.55. The quantitative estimate of drug-likeness (QED) is 0.763. The van der Waals surface area contributed by atoms with Crippen molar-refractivity contribution in [1.29, 1.82) is 0 Å². The van der Waals surface area contributed by atoms with Crippen molar-refractivity contribution in [2.45, 2.75) is 58.0 Å². The van der Waals surface area contributed by atoms with Crippen LogP contribution in [0, 0.1) is 0 Å². The second-order valence-electron chi connectivity index (χ2n) is 5.34. The average molecular weight is 276 g/mol. The van der Waals surface area contributed by atoms with E-state index in [0.29, 0.717) is 24.4 Å². The molecule has 0 radical (unpaired) electrons. The largest absolute Gasteiger partial charge is 0.328 e. The minimum absolute atomic E-state index is 0.252. The maximum absolute atomic E-state index is 11.6. The molecule has 0 amide bonds. The van der Waals surface area contributed by atoms with Crippen LogP contribution in [0.15, 0.2) is 0 Å². The van der Waals surface area contributed by atoms with Crippen molar-refractivity contribution >= 4 is 9.84 Å². The molecule has 0 aromatic carbocycles. The van der Waals surface area contributed by atoms with Crippen LogP contribution in [0.5, 0.6) is 0 Å². The van der Waals surface area contributed by atoms with Crippen LogP contribution in [0.1, 0.15) is 46.0 Å². The van der Waals surface area contributed by atoms with Gasteiger partial charge in [0.1, 0.15) is 0 Å². The van der Waals surface area contributed by atoms with Gasteiger partial charge in [-0.25, -0.2) is 8.42 Å². The molecule has 0 aromatic heterocycles. The molecule has 18 heavy (non-hydrogen) atoms. The van der Waals surface area contributed by atoms with Crippen LogP contribution in [0.2, 0.25) is 0 Å². The highest BCUT2D eigenvalue weighted by Gasteiger charge is 2.24. The lowest BCUT2D eigenvalue weighted by atomic mass is 9.90. The van der Waals surface area contributed by atoms with E-state index in [1.807, 2.05) is 0 Å². The number of hydrogen-bond acceptors (Lipinski definition) is 4. The zero-order chi connectivity index (χ0) is 13.6.